The van der Waals surface area contributed by atoms with E-state index < -0.39 is 20.0 Å². The highest BCUT2D eigenvalue weighted by molar-refractivity contribution is 7.92. The third-order valence-electron chi connectivity index (χ3n) is 4.06. The molecule has 3 rings (SSSR count). The molecule has 1 aliphatic heterocycles. The fourth-order valence-electron chi connectivity index (χ4n) is 2.74. The van der Waals surface area contributed by atoms with Crippen LogP contribution in [0.5, 0.6) is 0 Å². The molecule has 26 heavy (non-hydrogen) atoms. The average molecular weight is 391 g/mol. The van der Waals surface area contributed by atoms with Gasteiger partial charge in [0.1, 0.15) is 0 Å². The third kappa shape index (κ3) is 3.72. The van der Waals surface area contributed by atoms with Crippen molar-refractivity contribution in [2.45, 2.75) is 22.6 Å². The molecule has 0 bridgehead atoms. The maximum Gasteiger partial charge on any atom is 0.261 e. The van der Waals surface area contributed by atoms with E-state index in [-0.39, 0.29) is 21.0 Å². The van der Waals surface area contributed by atoms with Gasteiger partial charge in [0.2, 0.25) is 10.0 Å². The summed E-state index contributed by atoms with van der Waals surface area (Å²) in [5.41, 5.74) is 0.367. The van der Waals surface area contributed by atoms with Crippen LogP contribution in [-0.4, -0.2) is 34.2 Å². The Kier molecular flexibility index (Phi) is 5.00. The van der Waals surface area contributed by atoms with E-state index in [1.54, 1.807) is 0 Å². The normalized spacial score (nSPS) is 15.5. The third-order valence-corrected chi connectivity index (χ3v) is 7.34. The van der Waals surface area contributed by atoms with Gasteiger partial charge >= 0.3 is 0 Å². The number of rotatable bonds is 5. The zero-order valence-electron chi connectivity index (χ0n) is 13.8. The summed E-state index contributed by atoms with van der Waals surface area (Å²) in [6.07, 6.45) is 1.64. The Hall–Kier alpha value is -2.41. The van der Waals surface area contributed by atoms with Crippen molar-refractivity contribution in [2.75, 3.05) is 17.8 Å². The lowest BCUT2D eigenvalue weighted by Crippen LogP contribution is -2.27. The predicted molar refractivity (Wildman–Crippen MR) is 96.4 cm³/mol. The van der Waals surface area contributed by atoms with E-state index in [1.165, 1.54) is 52.8 Å². The molecule has 136 valence electrons. The van der Waals surface area contributed by atoms with Gasteiger partial charge in [0.15, 0.2) is 0 Å². The highest BCUT2D eigenvalue weighted by Crippen LogP contribution is 2.24. The molecule has 0 saturated carbocycles. The molecule has 7 nitrogen and oxygen atoms in total. The summed E-state index contributed by atoms with van der Waals surface area (Å²) in [5.74, 6) is 0. The molecule has 0 radical (unpaired) electrons. The van der Waals surface area contributed by atoms with Crippen molar-refractivity contribution in [3.05, 3.63) is 54.1 Å². The molecule has 0 aromatic heterocycles. The second kappa shape index (κ2) is 7.07. The lowest BCUT2D eigenvalue weighted by atomic mass is 10.2. The summed E-state index contributed by atoms with van der Waals surface area (Å²) in [6.45, 7) is 0.943. The van der Waals surface area contributed by atoms with Crippen LogP contribution in [0.2, 0.25) is 0 Å². The second-order valence-corrected chi connectivity index (χ2v) is 9.50. The molecule has 1 aliphatic rings. The van der Waals surface area contributed by atoms with Crippen molar-refractivity contribution in [2.24, 2.45) is 0 Å². The van der Waals surface area contributed by atoms with Crippen LogP contribution in [0.25, 0.3) is 0 Å². The summed E-state index contributed by atoms with van der Waals surface area (Å²) in [7, 11) is -7.57. The number of benzene rings is 2. The molecule has 0 spiro atoms. The van der Waals surface area contributed by atoms with Crippen molar-refractivity contribution >= 4 is 25.7 Å². The largest absolute Gasteiger partial charge is 0.280 e. The van der Waals surface area contributed by atoms with Crippen LogP contribution in [0, 0.1) is 11.3 Å². The summed E-state index contributed by atoms with van der Waals surface area (Å²) in [5, 5.41) is 8.91. The average Bonchev–Trinajstić information content (AvgIpc) is 3.17. The van der Waals surface area contributed by atoms with Crippen LogP contribution >= 0.6 is 0 Å². The van der Waals surface area contributed by atoms with E-state index in [4.69, 9.17) is 5.26 Å². The van der Waals surface area contributed by atoms with E-state index >= 15 is 0 Å². The first-order chi connectivity index (χ1) is 12.3. The summed E-state index contributed by atoms with van der Waals surface area (Å²) >= 11 is 0. The second-order valence-electron chi connectivity index (χ2n) is 5.88. The SMILES string of the molecule is N#Cc1cccc(S(=O)(=O)Nc2cccc(S(=O)(=O)N3CCCC3)c2)c1. The molecular weight excluding hydrogens is 374 g/mol. The lowest BCUT2D eigenvalue weighted by molar-refractivity contribution is 0.477. The van der Waals surface area contributed by atoms with Gasteiger partial charge in [0, 0.05) is 13.1 Å². The summed E-state index contributed by atoms with van der Waals surface area (Å²) in [4.78, 5) is -0.0188. The first-order valence-corrected chi connectivity index (χ1v) is 10.9. The number of hydrogen-bond donors (Lipinski definition) is 1. The van der Waals surface area contributed by atoms with Crippen molar-refractivity contribution in [1.82, 2.24) is 4.31 Å². The van der Waals surface area contributed by atoms with E-state index in [0.717, 1.165) is 12.8 Å². The molecule has 1 fully saturated rings. The fraction of sp³-hybridized carbons (Fsp3) is 0.235. The van der Waals surface area contributed by atoms with Crippen LogP contribution < -0.4 is 4.72 Å². The first kappa shape index (κ1) is 18.4. The Morgan fingerprint density at radius 1 is 0.923 bits per heavy atom. The molecule has 9 heteroatoms. The van der Waals surface area contributed by atoms with Crippen molar-refractivity contribution < 1.29 is 16.8 Å². The van der Waals surface area contributed by atoms with Gasteiger partial charge in [-0.25, -0.2) is 16.8 Å². The van der Waals surface area contributed by atoms with Crippen molar-refractivity contribution in [1.29, 1.82) is 5.26 Å². The van der Waals surface area contributed by atoms with Gasteiger partial charge < -0.3 is 0 Å². The highest BCUT2D eigenvalue weighted by atomic mass is 32.2. The molecule has 0 atom stereocenters. The van der Waals surface area contributed by atoms with Gasteiger partial charge in [-0.05, 0) is 49.2 Å². The predicted octanol–water partition coefficient (Wildman–Crippen LogP) is 2.14. The van der Waals surface area contributed by atoms with Gasteiger partial charge in [-0.1, -0.05) is 12.1 Å². The fourth-order valence-corrected chi connectivity index (χ4v) is 5.40. The lowest BCUT2D eigenvalue weighted by Gasteiger charge is -2.16. The maximum atomic E-state index is 12.6. The Balaban J connectivity index is 1.90. The topological polar surface area (TPSA) is 107 Å². The zero-order chi connectivity index (χ0) is 18.8. The molecule has 1 saturated heterocycles. The van der Waals surface area contributed by atoms with Gasteiger partial charge in [0.05, 0.1) is 27.1 Å². The van der Waals surface area contributed by atoms with Crippen LogP contribution in [0.1, 0.15) is 18.4 Å². The summed E-state index contributed by atoms with van der Waals surface area (Å²) in [6, 6.07) is 13.2. The Bertz CT molecular complexity index is 1070. The standard InChI is InChI=1S/C17H17N3O4S2/c18-13-14-5-3-7-16(11-14)25(21,22)19-15-6-4-8-17(12-15)26(23,24)20-9-1-2-10-20/h3-8,11-12,19H,1-2,9-10H2. The molecular formula is C17H17N3O4S2. The maximum absolute atomic E-state index is 12.6. The van der Waals surface area contributed by atoms with Crippen molar-refractivity contribution in [3.8, 4) is 6.07 Å². The molecule has 1 heterocycles. The number of hydrogen-bond acceptors (Lipinski definition) is 5. The number of nitriles is 1. The molecule has 2 aromatic rings. The smallest absolute Gasteiger partial charge is 0.261 e. The summed E-state index contributed by atoms with van der Waals surface area (Å²) < 4.78 is 54.0. The Morgan fingerprint density at radius 3 is 2.27 bits per heavy atom. The molecule has 1 N–H and O–H groups in total. The monoisotopic (exact) mass is 391 g/mol. The van der Waals surface area contributed by atoms with Crippen LogP contribution in [-0.2, 0) is 20.0 Å². The van der Waals surface area contributed by atoms with Crippen molar-refractivity contribution in [3.63, 3.8) is 0 Å². The quantitative estimate of drug-likeness (QED) is 0.840. The molecule has 2 aromatic carbocycles. The van der Waals surface area contributed by atoms with Gasteiger partial charge in [-0.2, -0.15) is 9.57 Å². The minimum Gasteiger partial charge on any atom is -0.280 e. The number of nitrogens with one attached hydrogen (secondary N) is 1. The minimum absolute atomic E-state index is 0.0466. The molecule has 0 unspecified atom stereocenters. The number of sulfonamides is 2. The van der Waals surface area contributed by atoms with Gasteiger partial charge in [0.25, 0.3) is 10.0 Å². The highest BCUT2D eigenvalue weighted by Gasteiger charge is 2.27. The Labute approximate surface area is 153 Å². The van der Waals surface area contributed by atoms with Gasteiger partial charge in [-0.3, -0.25) is 4.72 Å². The van der Waals surface area contributed by atoms with E-state index in [0.29, 0.717) is 13.1 Å². The van der Waals surface area contributed by atoms with Crippen LogP contribution in [0.4, 0.5) is 5.69 Å². The number of nitrogens with zero attached hydrogens (tertiary/aromatic N) is 2. The molecule has 0 aliphatic carbocycles. The van der Waals surface area contributed by atoms with E-state index in [2.05, 4.69) is 4.72 Å². The number of anilines is 1. The van der Waals surface area contributed by atoms with E-state index in [1.807, 2.05) is 6.07 Å². The zero-order valence-corrected chi connectivity index (χ0v) is 15.4. The van der Waals surface area contributed by atoms with Gasteiger partial charge in [-0.15, -0.1) is 0 Å². The van der Waals surface area contributed by atoms with Crippen LogP contribution in [0.15, 0.2) is 58.3 Å². The Morgan fingerprint density at radius 2 is 1.58 bits per heavy atom. The van der Waals surface area contributed by atoms with Crippen LogP contribution in [0.3, 0.4) is 0 Å². The molecule has 0 amide bonds. The first-order valence-electron chi connectivity index (χ1n) is 7.96. The van der Waals surface area contributed by atoms with E-state index in [9.17, 15) is 16.8 Å². The minimum atomic E-state index is -3.94.